The second-order valence-electron chi connectivity index (χ2n) is 5.36. The number of carbonyl (C=O) groups excluding carboxylic acids is 1. The molecule has 2 rings (SSSR count). The van der Waals surface area contributed by atoms with Crippen LogP contribution in [0.1, 0.15) is 18.1 Å². The first-order chi connectivity index (χ1) is 12.6. The molecule has 0 aliphatic carbocycles. The number of hydrogen-bond donors (Lipinski definition) is 1. The molecule has 1 aromatic heterocycles. The lowest BCUT2D eigenvalue weighted by Crippen LogP contribution is -2.43. The van der Waals surface area contributed by atoms with E-state index >= 15 is 0 Å². The summed E-state index contributed by atoms with van der Waals surface area (Å²) in [5, 5.41) is 10.6. The number of aryl methyl sites for hydroxylation is 1. The second-order valence-corrected chi connectivity index (χ2v) is 5.76. The number of amides is 1. The van der Waals surface area contributed by atoms with Crippen LogP contribution in [0.15, 0.2) is 34.0 Å². The molecule has 7 nitrogen and oxygen atoms in total. The highest BCUT2D eigenvalue weighted by molar-refractivity contribution is 6.31. The largest absolute Gasteiger partial charge is 0.417 e. The van der Waals surface area contributed by atoms with Crippen LogP contribution in [0.5, 0.6) is 0 Å². The molecule has 2 aromatic rings. The number of carbonyl (C=O) groups is 1. The fourth-order valence-electron chi connectivity index (χ4n) is 2.26. The minimum atomic E-state index is -4.72. The number of hydrogen-bond acceptors (Lipinski definition) is 4. The molecule has 0 atom stereocenters. The normalized spacial score (nSPS) is 11.1. The Morgan fingerprint density at radius 2 is 2.00 bits per heavy atom. The standard InChI is InChI=1S/C16H12ClF3N4O3/c1-2-23-7-9(6-21)14(26)24(15(23)27)8-13(25)22-10-3-4-12(17)11(5-10)16(18,19)20/h3-5,7H,2,8H2,1H3,(H,22,25). The Hall–Kier alpha value is -3.06. The van der Waals surface area contributed by atoms with Crippen molar-refractivity contribution in [2.45, 2.75) is 26.2 Å². The fraction of sp³-hybridized carbons (Fsp3) is 0.250. The summed E-state index contributed by atoms with van der Waals surface area (Å²) in [4.78, 5) is 36.4. The Kier molecular flexibility index (Phi) is 5.75. The number of benzene rings is 1. The van der Waals surface area contributed by atoms with E-state index in [4.69, 9.17) is 16.9 Å². The van der Waals surface area contributed by atoms with E-state index in [1.807, 2.05) is 0 Å². The van der Waals surface area contributed by atoms with Crippen LogP contribution in [0.3, 0.4) is 0 Å². The third kappa shape index (κ3) is 4.38. The summed E-state index contributed by atoms with van der Waals surface area (Å²) in [5.41, 5.74) is -3.47. The highest BCUT2D eigenvalue weighted by atomic mass is 35.5. The minimum Gasteiger partial charge on any atom is -0.325 e. The lowest BCUT2D eigenvalue weighted by Gasteiger charge is -2.13. The monoisotopic (exact) mass is 400 g/mol. The Morgan fingerprint density at radius 3 is 2.56 bits per heavy atom. The summed E-state index contributed by atoms with van der Waals surface area (Å²) >= 11 is 5.50. The van der Waals surface area contributed by atoms with Crippen LogP contribution in [0.25, 0.3) is 0 Å². The lowest BCUT2D eigenvalue weighted by atomic mass is 10.2. The predicted molar refractivity (Wildman–Crippen MR) is 90.4 cm³/mol. The Balaban J connectivity index is 2.34. The smallest absolute Gasteiger partial charge is 0.325 e. The number of anilines is 1. The van der Waals surface area contributed by atoms with Crippen LogP contribution in [0, 0.1) is 11.3 Å². The topological polar surface area (TPSA) is 96.9 Å². The molecule has 0 aliphatic heterocycles. The quantitative estimate of drug-likeness (QED) is 0.850. The molecule has 11 heteroatoms. The van der Waals surface area contributed by atoms with Gasteiger partial charge in [0.05, 0.1) is 10.6 Å². The van der Waals surface area contributed by atoms with Crippen molar-refractivity contribution in [3.63, 3.8) is 0 Å². The van der Waals surface area contributed by atoms with Gasteiger partial charge < -0.3 is 5.32 Å². The zero-order chi connectivity index (χ0) is 20.4. The molecule has 1 aromatic carbocycles. The third-order valence-corrected chi connectivity index (χ3v) is 3.89. The number of alkyl halides is 3. The molecular formula is C16H12ClF3N4O3. The van der Waals surface area contributed by atoms with Crippen LogP contribution >= 0.6 is 11.6 Å². The maximum atomic E-state index is 12.9. The first kappa shape index (κ1) is 20.3. The maximum absolute atomic E-state index is 12.9. The van der Waals surface area contributed by atoms with Gasteiger partial charge in [0.2, 0.25) is 5.91 Å². The van der Waals surface area contributed by atoms with E-state index in [0.29, 0.717) is 10.6 Å². The molecule has 1 amide bonds. The highest BCUT2D eigenvalue weighted by Gasteiger charge is 2.33. The van der Waals surface area contributed by atoms with Crippen molar-refractivity contribution < 1.29 is 18.0 Å². The first-order valence-corrected chi connectivity index (χ1v) is 7.87. The number of nitriles is 1. The van der Waals surface area contributed by atoms with Crippen LogP contribution < -0.4 is 16.6 Å². The van der Waals surface area contributed by atoms with Crippen molar-refractivity contribution in [3.8, 4) is 6.07 Å². The summed E-state index contributed by atoms with van der Waals surface area (Å²) in [5.74, 6) is -0.914. The molecule has 0 saturated heterocycles. The van der Waals surface area contributed by atoms with Gasteiger partial charge in [0.1, 0.15) is 18.2 Å². The van der Waals surface area contributed by atoms with Crippen LogP contribution in [0.4, 0.5) is 18.9 Å². The Bertz CT molecular complexity index is 1050. The van der Waals surface area contributed by atoms with Crippen molar-refractivity contribution in [2.75, 3.05) is 5.32 Å². The molecule has 142 valence electrons. The molecule has 27 heavy (non-hydrogen) atoms. The van der Waals surface area contributed by atoms with Gasteiger partial charge in [0, 0.05) is 18.4 Å². The number of nitrogens with zero attached hydrogens (tertiary/aromatic N) is 3. The van der Waals surface area contributed by atoms with Crippen molar-refractivity contribution in [1.29, 1.82) is 5.26 Å². The van der Waals surface area contributed by atoms with Crippen LogP contribution in [-0.4, -0.2) is 15.0 Å². The van der Waals surface area contributed by atoms with Crippen molar-refractivity contribution in [3.05, 3.63) is 61.4 Å². The van der Waals surface area contributed by atoms with Gasteiger partial charge >= 0.3 is 11.9 Å². The van der Waals surface area contributed by atoms with E-state index in [-0.39, 0.29) is 17.8 Å². The molecule has 1 heterocycles. The third-order valence-electron chi connectivity index (χ3n) is 3.56. The molecular weight excluding hydrogens is 389 g/mol. The number of rotatable bonds is 4. The molecule has 0 unspecified atom stereocenters. The molecule has 1 N–H and O–H groups in total. The molecule has 0 radical (unpaired) electrons. The molecule has 0 aliphatic rings. The highest BCUT2D eigenvalue weighted by Crippen LogP contribution is 2.36. The average molecular weight is 401 g/mol. The van der Waals surface area contributed by atoms with Crippen molar-refractivity contribution in [2.24, 2.45) is 0 Å². The number of nitrogens with one attached hydrogen (secondary N) is 1. The van der Waals surface area contributed by atoms with Crippen LogP contribution in [0.2, 0.25) is 5.02 Å². The fourth-order valence-corrected chi connectivity index (χ4v) is 2.49. The lowest BCUT2D eigenvalue weighted by molar-refractivity contribution is -0.137. The molecule has 0 saturated carbocycles. The molecule has 0 spiro atoms. The van der Waals surface area contributed by atoms with Crippen molar-refractivity contribution >= 4 is 23.2 Å². The summed E-state index contributed by atoms with van der Waals surface area (Å²) in [7, 11) is 0. The summed E-state index contributed by atoms with van der Waals surface area (Å²) < 4.78 is 40.2. The minimum absolute atomic E-state index is 0.154. The van der Waals surface area contributed by atoms with Gasteiger partial charge in [-0.2, -0.15) is 18.4 Å². The van der Waals surface area contributed by atoms with E-state index < -0.39 is 40.5 Å². The Morgan fingerprint density at radius 1 is 1.33 bits per heavy atom. The van der Waals surface area contributed by atoms with E-state index in [2.05, 4.69) is 5.32 Å². The zero-order valence-corrected chi connectivity index (χ0v) is 14.6. The van der Waals surface area contributed by atoms with E-state index in [1.165, 1.54) is 0 Å². The van der Waals surface area contributed by atoms with E-state index in [9.17, 15) is 27.6 Å². The Labute approximate surface area is 155 Å². The van der Waals surface area contributed by atoms with E-state index in [1.54, 1.807) is 13.0 Å². The molecule has 0 fully saturated rings. The van der Waals surface area contributed by atoms with Gasteiger partial charge in [-0.05, 0) is 25.1 Å². The maximum Gasteiger partial charge on any atom is 0.417 e. The summed E-state index contributed by atoms with van der Waals surface area (Å²) in [6.45, 7) is 0.989. The number of halogens is 4. The van der Waals surface area contributed by atoms with Gasteiger partial charge in [0.25, 0.3) is 5.56 Å². The van der Waals surface area contributed by atoms with Gasteiger partial charge in [0.15, 0.2) is 0 Å². The van der Waals surface area contributed by atoms with Gasteiger partial charge in [-0.3, -0.25) is 14.2 Å². The van der Waals surface area contributed by atoms with Gasteiger partial charge in [-0.1, -0.05) is 11.6 Å². The SMILES string of the molecule is CCn1cc(C#N)c(=O)n(CC(=O)Nc2ccc(Cl)c(C(F)(F)F)c2)c1=O. The van der Waals surface area contributed by atoms with Gasteiger partial charge in [-0.25, -0.2) is 9.36 Å². The van der Waals surface area contributed by atoms with Crippen LogP contribution in [-0.2, 0) is 24.1 Å². The first-order valence-electron chi connectivity index (χ1n) is 7.49. The average Bonchev–Trinajstić information content (AvgIpc) is 2.59. The van der Waals surface area contributed by atoms with Gasteiger partial charge in [-0.15, -0.1) is 0 Å². The van der Waals surface area contributed by atoms with Crippen molar-refractivity contribution in [1.82, 2.24) is 9.13 Å². The number of aromatic nitrogens is 2. The predicted octanol–water partition coefficient (Wildman–Crippen LogP) is 2.21. The second kappa shape index (κ2) is 7.67. The van der Waals surface area contributed by atoms with E-state index in [0.717, 1.165) is 22.9 Å². The summed E-state index contributed by atoms with van der Waals surface area (Å²) in [6, 6.07) is 4.38. The summed E-state index contributed by atoms with van der Waals surface area (Å²) in [6.07, 6.45) is -3.64. The zero-order valence-electron chi connectivity index (χ0n) is 13.8. The molecule has 0 bridgehead atoms.